The fraction of sp³-hybridized carbons (Fsp3) is 0.513. The van der Waals surface area contributed by atoms with E-state index in [1.165, 1.54) is 6.42 Å². The van der Waals surface area contributed by atoms with Crippen LogP contribution in [0.2, 0.25) is 0 Å². The lowest BCUT2D eigenvalue weighted by molar-refractivity contribution is -0.183. The van der Waals surface area contributed by atoms with Crippen molar-refractivity contribution in [2.45, 2.75) is 77.8 Å². The summed E-state index contributed by atoms with van der Waals surface area (Å²) < 4.78 is 34.6. The third kappa shape index (κ3) is 7.29. The molecule has 2 bridgehead atoms. The zero-order valence-electron chi connectivity index (χ0n) is 29.6. The molecule has 0 unspecified atom stereocenters. The van der Waals surface area contributed by atoms with Crippen LogP contribution in [0, 0.1) is 29.1 Å². The number of carbonyl (C=O) groups is 1. The summed E-state index contributed by atoms with van der Waals surface area (Å²) in [6.07, 6.45) is 0.848. The highest BCUT2D eigenvalue weighted by Crippen LogP contribution is 2.61. The zero-order chi connectivity index (χ0) is 35.8. The number of amides is 1. The minimum Gasteiger partial charge on any atom is -0.496 e. The molecule has 1 amide bonds. The van der Waals surface area contributed by atoms with Gasteiger partial charge in [0.15, 0.2) is 0 Å². The van der Waals surface area contributed by atoms with Crippen LogP contribution in [0.1, 0.15) is 51.7 Å². The van der Waals surface area contributed by atoms with Gasteiger partial charge in [-0.1, -0.05) is 81.4 Å². The van der Waals surface area contributed by atoms with E-state index >= 15 is 0 Å². The van der Waals surface area contributed by atoms with Crippen molar-refractivity contribution >= 4 is 21.6 Å². The van der Waals surface area contributed by atoms with Gasteiger partial charge in [-0.05, 0) is 72.6 Å². The number of nitrogens with one attached hydrogen (secondary N) is 2. The van der Waals surface area contributed by atoms with E-state index in [1.807, 2.05) is 54.6 Å². The Morgan fingerprint density at radius 3 is 2.48 bits per heavy atom. The standard InChI is InChI=1S/C39H51N3O7S/c1-24-32-20-29(39(32,3)4)21-33(24)40-38(45)36-35(25(2)44)34(23-43)49-42(36)22-28-14-10-16-31(37(28)48-5)27-13-9-15-30(19-27)41-50(46,47)18-17-26-11-7-6-8-12-26/h6-16,19,24-25,29,32-36,41,43-44H,17-18,20-23H2,1-5H3,(H,40,45)/t24-,25-,29+,32+,33-,34-,35-,36-/m0/s1. The molecule has 1 aliphatic heterocycles. The number of aliphatic hydroxyl groups is 2. The maximum atomic E-state index is 14.1. The van der Waals surface area contributed by atoms with E-state index < -0.39 is 34.2 Å². The Bertz CT molecular complexity index is 1770. The predicted molar refractivity (Wildman–Crippen MR) is 194 cm³/mol. The lowest BCUT2D eigenvalue weighted by Gasteiger charge is -2.62. The van der Waals surface area contributed by atoms with Crippen LogP contribution < -0.4 is 14.8 Å². The van der Waals surface area contributed by atoms with Crippen molar-refractivity contribution in [2.75, 3.05) is 24.2 Å². The molecule has 0 spiro atoms. The molecular formula is C39H51N3O7S. The van der Waals surface area contributed by atoms with Crippen molar-refractivity contribution in [3.63, 3.8) is 0 Å². The molecule has 8 atom stereocenters. The molecule has 0 radical (unpaired) electrons. The van der Waals surface area contributed by atoms with E-state index in [1.54, 1.807) is 37.3 Å². The number of fused-ring (bicyclic) bond motifs is 2. The molecule has 3 aromatic carbocycles. The Morgan fingerprint density at radius 1 is 1.08 bits per heavy atom. The van der Waals surface area contributed by atoms with Gasteiger partial charge in [-0.3, -0.25) is 14.4 Å². The van der Waals surface area contributed by atoms with Gasteiger partial charge in [-0.25, -0.2) is 8.42 Å². The number of hydrogen-bond acceptors (Lipinski definition) is 8. The van der Waals surface area contributed by atoms with Crippen LogP contribution >= 0.6 is 0 Å². The van der Waals surface area contributed by atoms with Gasteiger partial charge in [0.25, 0.3) is 0 Å². The van der Waals surface area contributed by atoms with E-state index in [-0.39, 0.29) is 36.3 Å². The minimum absolute atomic E-state index is 0.0323. The fourth-order valence-corrected chi connectivity index (χ4v) is 9.80. The predicted octanol–water partition coefficient (Wildman–Crippen LogP) is 5.01. The lowest BCUT2D eigenvalue weighted by Crippen LogP contribution is -2.62. The molecule has 50 heavy (non-hydrogen) atoms. The molecule has 1 heterocycles. The number of hydroxylamine groups is 2. The topological polar surface area (TPSA) is 137 Å². The summed E-state index contributed by atoms with van der Waals surface area (Å²) in [5.41, 5.74) is 3.87. The summed E-state index contributed by atoms with van der Waals surface area (Å²) in [6.45, 7) is 8.31. The first kappa shape index (κ1) is 36.3. The highest BCUT2D eigenvalue weighted by Gasteiger charge is 2.57. The number of carbonyl (C=O) groups excluding carboxylic acids is 1. The van der Waals surface area contributed by atoms with Crippen molar-refractivity contribution in [3.05, 3.63) is 83.9 Å². The largest absolute Gasteiger partial charge is 0.496 e. The first-order valence-corrected chi connectivity index (χ1v) is 19.3. The molecule has 11 heteroatoms. The number of anilines is 1. The molecule has 270 valence electrons. The van der Waals surface area contributed by atoms with Gasteiger partial charge in [-0.2, -0.15) is 5.06 Å². The summed E-state index contributed by atoms with van der Waals surface area (Å²) in [5, 5.41) is 26.0. The van der Waals surface area contributed by atoms with Gasteiger partial charge < -0.3 is 20.3 Å². The number of aliphatic hydroxyl groups excluding tert-OH is 2. The molecule has 4 N–H and O–H groups in total. The molecule has 1 saturated heterocycles. The molecule has 0 aromatic heterocycles. The Hall–Kier alpha value is -3.48. The molecule has 3 aliphatic carbocycles. The van der Waals surface area contributed by atoms with Gasteiger partial charge in [-0.15, -0.1) is 0 Å². The number of nitrogens with zero attached hydrogens (tertiary/aromatic N) is 1. The van der Waals surface area contributed by atoms with Crippen LogP contribution in [0.25, 0.3) is 11.1 Å². The van der Waals surface area contributed by atoms with E-state index in [2.05, 4.69) is 30.8 Å². The summed E-state index contributed by atoms with van der Waals surface area (Å²) in [4.78, 5) is 20.3. The second-order valence-electron chi connectivity index (χ2n) is 15.0. The molecule has 3 saturated carbocycles. The monoisotopic (exact) mass is 705 g/mol. The number of para-hydroxylation sites is 1. The quantitative estimate of drug-likeness (QED) is 0.195. The van der Waals surface area contributed by atoms with E-state index in [0.717, 1.165) is 28.7 Å². The second kappa shape index (κ2) is 14.6. The first-order valence-electron chi connectivity index (χ1n) is 17.7. The van der Waals surface area contributed by atoms with Crippen molar-refractivity contribution in [1.82, 2.24) is 10.4 Å². The molecule has 3 aromatic rings. The van der Waals surface area contributed by atoms with Gasteiger partial charge >= 0.3 is 0 Å². The van der Waals surface area contributed by atoms with Crippen LogP contribution in [0.15, 0.2) is 72.8 Å². The minimum atomic E-state index is -3.61. The van der Waals surface area contributed by atoms with Crippen LogP contribution in [-0.4, -0.2) is 73.4 Å². The summed E-state index contributed by atoms with van der Waals surface area (Å²) in [6, 6.07) is 21.5. The average molecular weight is 706 g/mol. The number of ether oxygens (including phenoxy) is 1. The number of aryl methyl sites for hydroxylation is 1. The summed E-state index contributed by atoms with van der Waals surface area (Å²) in [7, 11) is -2.04. The summed E-state index contributed by atoms with van der Waals surface area (Å²) in [5.74, 6) is 1.08. The second-order valence-corrected chi connectivity index (χ2v) is 16.8. The van der Waals surface area contributed by atoms with Crippen LogP contribution in [0.3, 0.4) is 0 Å². The lowest BCUT2D eigenvalue weighted by atomic mass is 9.45. The normalized spacial score (nSPS) is 28.0. The summed E-state index contributed by atoms with van der Waals surface area (Å²) >= 11 is 0. The molecule has 4 aliphatic rings. The van der Waals surface area contributed by atoms with E-state index in [0.29, 0.717) is 35.6 Å². The number of sulfonamides is 1. The Balaban J connectivity index is 1.22. The molecule has 10 nitrogen and oxygen atoms in total. The fourth-order valence-electron chi connectivity index (χ4n) is 8.71. The number of methoxy groups -OCH3 is 1. The van der Waals surface area contributed by atoms with Crippen LogP contribution in [0.4, 0.5) is 5.69 Å². The average Bonchev–Trinajstić information content (AvgIpc) is 3.47. The third-order valence-electron chi connectivity index (χ3n) is 11.6. The van der Waals surface area contributed by atoms with Crippen LogP contribution in [-0.2, 0) is 32.6 Å². The highest BCUT2D eigenvalue weighted by atomic mass is 32.2. The first-order chi connectivity index (χ1) is 23.8. The maximum Gasteiger partial charge on any atom is 0.240 e. The van der Waals surface area contributed by atoms with E-state index in [9.17, 15) is 23.4 Å². The Kier molecular flexibility index (Phi) is 10.6. The number of benzene rings is 3. The molecular weight excluding hydrogens is 655 g/mol. The maximum absolute atomic E-state index is 14.1. The van der Waals surface area contributed by atoms with Crippen molar-refractivity contribution in [1.29, 1.82) is 0 Å². The van der Waals surface area contributed by atoms with Gasteiger partial charge in [0, 0.05) is 28.8 Å². The molecule has 4 fully saturated rings. The van der Waals surface area contributed by atoms with Crippen molar-refractivity contribution in [2.24, 2.45) is 29.1 Å². The zero-order valence-corrected chi connectivity index (χ0v) is 30.4. The smallest absolute Gasteiger partial charge is 0.240 e. The SMILES string of the molecule is COc1c(CN2O[C@@H](CO)[C@H]([C@H](C)O)[C@H]2C(=O)N[C@H]2C[C@H]3C[C@H]([C@@H]2C)C3(C)C)cccc1-c1cccc(NS(=O)(=O)CCc2ccccc2)c1. The Labute approximate surface area is 296 Å². The van der Waals surface area contributed by atoms with Crippen molar-refractivity contribution in [3.8, 4) is 16.9 Å². The van der Waals surface area contributed by atoms with Crippen LogP contribution in [0.5, 0.6) is 5.75 Å². The number of hydrogen-bond donors (Lipinski definition) is 4. The van der Waals surface area contributed by atoms with E-state index in [4.69, 9.17) is 9.57 Å². The van der Waals surface area contributed by atoms with Crippen molar-refractivity contribution < 1.29 is 33.0 Å². The number of rotatable bonds is 13. The van der Waals surface area contributed by atoms with Gasteiger partial charge in [0.05, 0.1) is 32.1 Å². The Morgan fingerprint density at radius 2 is 1.82 bits per heavy atom. The molecule has 7 rings (SSSR count). The van der Waals surface area contributed by atoms with Gasteiger partial charge in [0.1, 0.15) is 17.9 Å². The third-order valence-corrected chi connectivity index (χ3v) is 12.9. The highest BCUT2D eigenvalue weighted by molar-refractivity contribution is 7.92. The van der Waals surface area contributed by atoms with Gasteiger partial charge in [0.2, 0.25) is 15.9 Å².